The highest BCUT2D eigenvalue weighted by molar-refractivity contribution is 7.99. The summed E-state index contributed by atoms with van der Waals surface area (Å²) in [5, 5.41) is 8.48. The van der Waals surface area contributed by atoms with Gasteiger partial charge in [0.05, 0.1) is 5.56 Å². The monoisotopic (exact) mass is 285 g/mol. The summed E-state index contributed by atoms with van der Waals surface area (Å²) in [4.78, 5) is 5.46. The SMILES string of the molecule is Cc1ccnc(Sc2ccc(C(C)C)cc2)c1C(=N)N. The molecule has 4 heteroatoms. The summed E-state index contributed by atoms with van der Waals surface area (Å²) >= 11 is 1.55. The van der Waals surface area contributed by atoms with Crippen molar-refractivity contribution >= 4 is 17.6 Å². The quantitative estimate of drug-likeness (QED) is 0.660. The molecule has 0 radical (unpaired) electrons. The molecule has 3 nitrogen and oxygen atoms in total. The molecule has 20 heavy (non-hydrogen) atoms. The van der Waals surface area contributed by atoms with Crippen LogP contribution in [0.25, 0.3) is 0 Å². The van der Waals surface area contributed by atoms with Gasteiger partial charge in [-0.15, -0.1) is 0 Å². The predicted octanol–water partition coefficient (Wildman–Crippen LogP) is 3.95. The van der Waals surface area contributed by atoms with Crippen molar-refractivity contribution in [2.24, 2.45) is 5.73 Å². The van der Waals surface area contributed by atoms with Crippen LogP contribution in [0.15, 0.2) is 46.5 Å². The first-order chi connectivity index (χ1) is 9.49. The van der Waals surface area contributed by atoms with Crippen LogP contribution in [0.5, 0.6) is 0 Å². The summed E-state index contributed by atoms with van der Waals surface area (Å²) in [5.74, 6) is 0.593. The normalized spacial score (nSPS) is 10.8. The minimum atomic E-state index is 0.0666. The Hall–Kier alpha value is -1.81. The molecule has 0 unspecified atom stereocenters. The fourth-order valence-corrected chi connectivity index (χ4v) is 2.95. The Labute approximate surface area is 124 Å². The number of nitrogens with one attached hydrogen (secondary N) is 1. The van der Waals surface area contributed by atoms with E-state index in [1.807, 2.05) is 13.0 Å². The molecule has 0 saturated carbocycles. The van der Waals surface area contributed by atoms with Crippen molar-refractivity contribution in [3.63, 3.8) is 0 Å². The predicted molar refractivity (Wildman–Crippen MR) is 84.6 cm³/mol. The smallest absolute Gasteiger partial charge is 0.125 e. The van der Waals surface area contributed by atoms with E-state index in [4.69, 9.17) is 11.1 Å². The summed E-state index contributed by atoms with van der Waals surface area (Å²) in [5.41, 5.74) is 8.69. The van der Waals surface area contributed by atoms with E-state index in [1.165, 1.54) is 5.56 Å². The molecule has 0 spiro atoms. The van der Waals surface area contributed by atoms with Gasteiger partial charge in [-0.1, -0.05) is 37.7 Å². The van der Waals surface area contributed by atoms with E-state index in [1.54, 1.807) is 18.0 Å². The van der Waals surface area contributed by atoms with Crippen molar-refractivity contribution in [1.29, 1.82) is 5.41 Å². The number of aromatic nitrogens is 1. The molecule has 0 fully saturated rings. The number of amidine groups is 1. The minimum Gasteiger partial charge on any atom is -0.384 e. The van der Waals surface area contributed by atoms with Crippen molar-refractivity contribution in [3.8, 4) is 0 Å². The number of rotatable bonds is 4. The average Bonchev–Trinajstić information content (AvgIpc) is 2.39. The van der Waals surface area contributed by atoms with Crippen molar-refractivity contribution in [2.75, 3.05) is 0 Å². The zero-order valence-electron chi connectivity index (χ0n) is 12.0. The summed E-state index contributed by atoms with van der Waals surface area (Å²) in [7, 11) is 0. The highest BCUT2D eigenvalue weighted by Crippen LogP contribution is 2.30. The van der Waals surface area contributed by atoms with Crippen LogP contribution in [0.3, 0.4) is 0 Å². The Kier molecular flexibility index (Phi) is 4.45. The number of nitrogen functional groups attached to an aromatic ring is 1. The summed E-state index contributed by atoms with van der Waals surface area (Å²) in [6, 6.07) is 10.3. The molecule has 0 amide bonds. The fourth-order valence-electron chi connectivity index (χ4n) is 1.97. The first kappa shape index (κ1) is 14.6. The number of hydrogen-bond acceptors (Lipinski definition) is 3. The molecular formula is C16H19N3S. The number of benzene rings is 1. The summed E-state index contributed by atoms with van der Waals surface area (Å²) in [6.07, 6.45) is 1.76. The van der Waals surface area contributed by atoms with E-state index in [2.05, 4.69) is 43.1 Å². The molecule has 0 aliphatic heterocycles. The molecule has 2 aromatic rings. The lowest BCUT2D eigenvalue weighted by Gasteiger charge is -2.10. The van der Waals surface area contributed by atoms with Gasteiger partial charge in [0, 0.05) is 11.1 Å². The topological polar surface area (TPSA) is 62.8 Å². The molecule has 0 saturated heterocycles. The van der Waals surface area contributed by atoms with Crippen LogP contribution in [-0.4, -0.2) is 10.8 Å². The Bertz CT molecular complexity index is 618. The largest absolute Gasteiger partial charge is 0.384 e. The third kappa shape index (κ3) is 3.20. The van der Waals surface area contributed by atoms with E-state index in [-0.39, 0.29) is 5.84 Å². The lowest BCUT2D eigenvalue weighted by molar-refractivity contribution is 0.865. The van der Waals surface area contributed by atoms with Gasteiger partial charge in [0.1, 0.15) is 10.9 Å². The van der Waals surface area contributed by atoms with Gasteiger partial charge in [0.25, 0.3) is 0 Å². The van der Waals surface area contributed by atoms with E-state index < -0.39 is 0 Å². The Morgan fingerprint density at radius 1 is 1.20 bits per heavy atom. The van der Waals surface area contributed by atoms with E-state index in [0.29, 0.717) is 5.92 Å². The lowest BCUT2D eigenvalue weighted by Crippen LogP contribution is -2.14. The maximum Gasteiger partial charge on any atom is 0.125 e. The zero-order chi connectivity index (χ0) is 14.7. The Morgan fingerprint density at radius 2 is 1.85 bits per heavy atom. The Balaban J connectivity index is 2.30. The minimum absolute atomic E-state index is 0.0666. The molecule has 1 aromatic heterocycles. The van der Waals surface area contributed by atoms with Crippen molar-refractivity contribution in [2.45, 2.75) is 36.6 Å². The van der Waals surface area contributed by atoms with Gasteiger partial charge in [0.2, 0.25) is 0 Å². The van der Waals surface area contributed by atoms with Crippen LogP contribution in [0, 0.1) is 12.3 Å². The van der Waals surface area contributed by atoms with E-state index in [9.17, 15) is 0 Å². The second-order valence-corrected chi connectivity index (χ2v) is 6.11. The van der Waals surface area contributed by atoms with Gasteiger partial charge in [-0.3, -0.25) is 5.41 Å². The van der Waals surface area contributed by atoms with Gasteiger partial charge in [0.15, 0.2) is 0 Å². The first-order valence-electron chi connectivity index (χ1n) is 6.57. The highest BCUT2D eigenvalue weighted by atomic mass is 32.2. The highest BCUT2D eigenvalue weighted by Gasteiger charge is 2.11. The maximum atomic E-state index is 7.70. The van der Waals surface area contributed by atoms with Crippen LogP contribution in [-0.2, 0) is 0 Å². The van der Waals surface area contributed by atoms with Gasteiger partial charge in [-0.05, 0) is 42.2 Å². The van der Waals surface area contributed by atoms with Crippen molar-refractivity contribution < 1.29 is 0 Å². The Morgan fingerprint density at radius 3 is 2.40 bits per heavy atom. The van der Waals surface area contributed by atoms with Crippen LogP contribution >= 0.6 is 11.8 Å². The molecular weight excluding hydrogens is 266 g/mol. The summed E-state index contributed by atoms with van der Waals surface area (Å²) in [6.45, 7) is 6.31. The fraction of sp³-hybridized carbons (Fsp3) is 0.250. The summed E-state index contributed by atoms with van der Waals surface area (Å²) < 4.78 is 0. The van der Waals surface area contributed by atoms with Crippen LogP contribution in [0.4, 0.5) is 0 Å². The number of hydrogen-bond donors (Lipinski definition) is 2. The van der Waals surface area contributed by atoms with Gasteiger partial charge >= 0.3 is 0 Å². The first-order valence-corrected chi connectivity index (χ1v) is 7.38. The van der Waals surface area contributed by atoms with Crippen molar-refractivity contribution in [3.05, 3.63) is 53.2 Å². The standard InChI is InChI=1S/C16H19N3S/c1-10(2)12-4-6-13(7-5-12)20-16-14(15(17)18)11(3)8-9-19-16/h4-10H,1-3H3,(H3,17,18). The molecule has 0 aliphatic carbocycles. The molecule has 0 aliphatic rings. The molecule has 104 valence electrons. The molecule has 3 N–H and O–H groups in total. The maximum absolute atomic E-state index is 7.70. The second-order valence-electron chi connectivity index (χ2n) is 5.05. The lowest BCUT2D eigenvalue weighted by atomic mass is 10.0. The third-order valence-electron chi connectivity index (χ3n) is 3.16. The van der Waals surface area contributed by atoms with E-state index >= 15 is 0 Å². The van der Waals surface area contributed by atoms with Crippen LogP contribution in [0.1, 0.15) is 36.5 Å². The zero-order valence-corrected chi connectivity index (χ0v) is 12.8. The molecule has 0 atom stereocenters. The molecule has 1 heterocycles. The average molecular weight is 285 g/mol. The third-order valence-corrected chi connectivity index (χ3v) is 4.17. The number of nitrogens with zero attached hydrogens (tertiary/aromatic N) is 1. The molecule has 0 bridgehead atoms. The number of nitrogens with two attached hydrogens (primary N) is 1. The van der Waals surface area contributed by atoms with Gasteiger partial charge in [-0.2, -0.15) is 0 Å². The van der Waals surface area contributed by atoms with Crippen molar-refractivity contribution in [1.82, 2.24) is 4.98 Å². The van der Waals surface area contributed by atoms with E-state index in [0.717, 1.165) is 21.0 Å². The molecule has 1 aromatic carbocycles. The number of aryl methyl sites for hydroxylation is 1. The molecule has 2 rings (SSSR count). The van der Waals surface area contributed by atoms with Crippen LogP contribution in [0.2, 0.25) is 0 Å². The number of pyridine rings is 1. The second kappa shape index (κ2) is 6.09. The van der Waals surface area contributed by atoms with Gasteiger partial charge in [-0.25, -0.2) is 4.98 Å². The van der Waals surface area contributed by atoms with Crippen LogP contribution < -0.4 is 5.73 Å². The van der Waals surface area contributed by atoms with Gasteiger partial charge < -0.3 is 5.73 Å².